The van der Waals surface area contributed by atoms with Crippen LogP contribution in [0.3, 0.4) is 0 Å². The maximum Gasteiger partial charge on any atom is 0.258 e. The summed E-state index contributed by atoms with van der Waals surface area (Å²) in [6.45, 7) is 0.371. The fourth-order valence-corrected chi connectivity index (χ4v) is 2.81. The maximum absolute atomic E-state index is 13.9. The van der Waals surface area contributed by atoms with Crippen molar-refractivity contribution < 1.29 is 13.9 Å². The van der Waals surface area contributed by atoms with Crippen molar-refractivity contribution in [2.75, 3.05) is 13.7 Å². The molecule has 0 aliphatic heterocycles. The van der Waals surface area contributed by atoms with Crippen molar-refractivity contribution in [3.05, 3.63) is 29.6 Å². The van der Waals surface area contributed by atoms with Gasteiger partial charge in [-0.25, -0.2) is 4.39 Å². The van der Waals surface area contributed by atoms with Crippen LogP contribution in [0.4, 0.5) is 4.39 Å². The molecule has 1 aromatic carbocycles. The average molecular weight is 280 g/mol. The van der Waals surface area contributed by atoms with Crippen molar-refractivity contribution in [1.82, 2.24) is 5.32 Å². The number of halogens is 1. The number of nitrogens with one attached hydrogen (secondary N) is 1. The number of nitrogens with two attached hydrogens (primary N) is 1. The lowest BCUT2D eigenvalue weighted by Gasteiger charge is -2.37. The van der Waals surface area contributed by atoms with Gasteiger partial charge >= 0.3 is 0 Å². The first-order valence-corrected chi connectivity index (χ1v) is 6.97. The topological polar surface area (TPSA) is 64.3 Å². The minimum Gasteiger partial charge on any atom is -0.496 e. The number of methoxy groups -OCH3 is 1. The standard InChI is InChI=1S/C15H21FN2O2/c1-20-12-7-5-6-11(16)13(12)14(19)18-15(10-17)8-3-2-4-9-15/h5-7H,2-4,8-10,17H2,1H3,(H,18,19). The molecule has 1 aromatic rings. The summed E-state index contributed by atoms with van der Waals surface area (Å²) in [6, 6.07) is 4.35. The van der Waals surface area contributed by atoms with Crippen LogP contribution in [0.5, 0.6) is 5.75 Å². The van der Waals surface area contributed by atoms with Crippen LogP contribution >= 0.6 is 0 Å². The van der Waals surface area contributed by atoms with E-state index in [1.807, 2.05) is 0 Å². The Labute approximate surface area is 118 Å². The van der Waals surface area contributed by atoms with Gasteiger partial charge in [-0.1, -0.05) is 25.3 Å². The highest BCUT2D eigenvalue weighted by atomic mass is 19.1. The van der Waals surface area contributed by atoms with E-state index in [1.165, 1.54) is 19.2 Å². The van der Waals surface area contributed by atoms with Gasteiger partial charge in [0, 0.05) is 6.54 Å². The summed E-state index contributed by atoms with van der Waals surface area (Å²) >= 11 is 0. The highest BCUT2D eigenvalue weighted by Crippen LogP contribution is 2.29. The fourth-order valence-electron chi connectivity index (χ4n) is 2.81. The molecule has 2 rings (SSSR count). The second kappa shape index (κ2) is 6.22. The van der Waals surface area contributed by atoms with Crippen molar-refractivity contribution in [3.8, 4) is 5.75 Å². The summed E-state index contributed by atoms with van der Waals surface area (Å²) < 4.78 is 19.0. The highest BCUT2D eigenvalue weighted by Gasteiger charge is 2.33. The van der Waals surface area contributed by atoms with Gasteiger partial charge in [0.2, 0.25) is 0 Å². The number of hydrogen-bond donors (Lipinski definition) is 2. The maximum atomic E-state index is 13.9. The molecule has 1 saturated carbocycles. The smallest absolute Gasteiger partial charge is 0.258 e. The summed E-state index contributed by atoms with van der Waals surface area (Å²) in [5, 5.41) is 2.93. The van der Waals surface area contributed by atoms with Gasteiger partial charge in [-0.15, -0.1) is 0 Å². The Morgan fingerprint density at radius 1 is 1.40 bits per heavy atom. The van der Waals surface area contributed by atoms with Crippen LogP contribution in [0.25, 0.3) is 0 Å². The van der Waals surface area contributed by atoms with Crippen molar-refractivity contribution in [3.63, 3.8) is 0 Å². The molecule has 1 aliphatic carbocycles. The van der Waals surface area contributed by atoms with E-state index in [0.717, 1.165) is 32.1 Å². The van der Waals surface area contributed by atoms with E-state index in [4.69, 9.17) is 10.5 Å². The predicted octanol–water partition coefficient (Wildman–Crippen LogP) is 2.23. The number of benzene rings is 1. The summed E-state index contributed by atoms with van der Waals surface area (Å²) in [4.78, 5) is 12.4. The molecule has 1 fully saturated rings. The van der Waals surface area contributed by atoms with Crippen molar-refractivity contribution in [1.29, 1.82) is 0 Å². The SMILES string of the molecule is COc1cccc(F)c1C(=O)NC1(CN)CCCCC1. The Balaban J connectivity index is 2.23. The number of carbonyl (C=O) groups excluding carboxylic acids is 1. The molecule has 0 unspecified atom stereocenters. The first-order valence-electron chi connectivity index (χ1n) is 6.97. The van der Waals surface area contributed by atoms with E-state index in [2.05, 4.69) is 5.32 Å². The van der Waals surface area contributed by atoms with Crippen LogP contribution in [0.2, 0.25) is 0 Å². The zero-order valence-corrected chi connectivity index (χ0v) is 11.7. The van der Waals surface area contributed by atoms with Gasteiger partial charge in [-0.3, -0.25) is 4.79 Å². The Hall–Kier alpha value is -1.62. The molecule has 4 nitrogen and oxygen atoms in total. The molecule has 0 saturated heterocycles. The summed E-state index contributed by atoms with van der Waals surface area (Å²) in [7, 11) is 1.42. The molecule has 0 radical (unpaired) electrons. The fraction of sp³-hybridized carbons (Fsp3) is 0.533. The minimum absolute atomic E-state index is 0.0478. The molecule has 110 valence electrons. The quantitative estimate of drug-likeness (QED) is 0.889. The molecular formula is C15H21FN2O2. The molecule has 0 atom stereocenters. The first kappa shape index (κ1) is 14.8. The Bertz CT molecular complexity index is 485. The molecule has 0 bridgehead atoms. The first-order chi connectivity index (χ1) is 9.62. The van der Waals surface area contributed by atoms with Crippen LogP contribution < -0.4 is 15.8 Å². The summed E-state index contributed by atoms with van der Waals surface area (Å²) in [6.07, 6.45) is 4.90. The third-order valence-corrected chi connectivity index (χ3v) is 4.00. The van der Waals surface area contributed by atoms with Gasteiger partial charge < -0.3 is 15.8 Å². The molecule has 3 N–H and O–H groups in total. The predicted molar refractivity (Wildman–Crippen MR) is 75.3 cm³/mol. The zero-order valence-electron chi connectivity index (χ0n) is 11.7. The Morgan fingerprint density at radius 2 is 2.10 bits per heavy atom. The number of rotatable bonds is 4. The van der Waals surface area contributed by atoms with Gasteiger partial charge in [0.1, 0.15) is 17.1 Å². The lowest BCUT2D eigenvalue weighted by molar-refractivity contribution is 0.0867. The lowest BCUT2D eigenvalue weighted by atomic mass is 9.81. The van der Waals surface area contributed by atoms with Gasteiger partial charge in [0.15, 0.2) is 0 Å². The van der Waals surface area contributed by atoms with Gasteiger partial charge in [-0.05, 0) is 25.0 Å². The normalized spacial score (nSPS) is 17.6. The Kier molecular flexibility index (Phi) is 4.60. The van der Waals surface area contributed by atoms with Crippen molar-refractivity contribution >= 4 is 5.91 Å². The molecular weight excluding hydrogens is 259 g/mol. The van der Waals surface area contributed by atoms with Crippen molar-refractivity contribution in [2.24, 2.45) is 5.73 Å². The summed E-state index contributed by atoms with van der Waals surface area (Å²) in [5.74, 6) is -0.789. The molecule has 0 heterocycles. The highest BCUT2D eigenvalue weighted by molar-refractivity contribution is 5.97. The monoisotopic (exact) mass is 280 g/mol. The van der Waals surface area contributed by atoms with E-state index in [-0.39, 0.29) is 11.3 Å². The zero-order chi connectivity index (χ0) is 14.6. The second-order valence-electron chi connectivity index (χ2n) is 5.32. The van der Waals surface area contributed by atoms with Crippen LogP contribution in [0, 0.1) is 5.82 Å². The third-order valence-electron chi connectivity index (χ3n) is 4.00. The van der Waals surface area contributed by atoms with Crippen LogP contribution in [-0.2, 0) is 0 Å². The lowest BCUT2D eigenvalue weighted by Crippen LogP contribution is -2.54. The summed E-state index contributed by atoms with van der Waals surface area (Å²) in [5.41, 5.74) is 5.37. The second-order valence-corrected chi connectivity index (χ2v) is 5.32. The Morgan fingerprint density at radius 3 is 2.70 bits per heavy atom. The molecule has 20 heavy (non-hydrogen) atoms. The number of carbonyl (C=O) groups is 1. The molecule has 1 aliphatic rings. The van der Waals surface area contributed by atoms with Crippen LogP contribution in [0.1, 0.15) is 42.5 Å². The van der Waals surface area contributed by atoms with E-state index in [1.54, 1.807) is 6.07 Å². The van der Waals surface area contributed by atoms with Gasteiger partial charge in [-0.2, -0.15) is 0 Å². The molecule has 0 aromatic heterocycles. The minimum atomic E-state index is -0.579. The third kappa shape index (κ3) is 2.93. The van der Waals surface area contributed by atoms with E-state index in [9.17, 15) is 9.18 Å². The molecule has 5 heteroatoms. The molecule has 1 amide bonds. The largest absolute Gasteiger partial charge is 0.496 e. The van der Waals surface area contributed by atoms with E-state index in [0.29, 0.717) is 6.54 Å². The average Bonchev–Trinajstić information content (AvgIpc) is 2.47. The number of ether oxygens (including phenoxy) is 1. The van der Waals surface area contributed by atoms with Gasteiger partial charge in [0.25, 0.3) is 5.91 Å². The van der Waals surface area contributed by atoms with Gasteiger partial charge in [0.05, 0.1) is 12.6 Å². The number of hydrogen-bond acceptors (Lipinski definition) is 3. The van der Waals surface area contributed by atoms with E-state index >= 15 is 0 Å². The van der Waals surface area contributed by atoms with Crippen LogP contribution in [-0.4, -0.2) is 25.1 Å². The van der Waals surface area contributed by atoms with E-state index < -0.39 is 17.3 Å². The van der Waals surface area contributed by atoms with Crippen molar-refractivity contribution in [2.45, 2.75) is 37.6 Å². The van der Waals surface area contributed by atoms with Crippen LogP contribution in [0.15, 0.2) is 18.2 Å². The number of amides is 1. The molecule has 0 spiro atoms.